The number of nitrogens with zero attached hydrogens (tertiary/aromatic N) is 5. The zero-order valence-electron chi connectivity index (χ0n) is 17.5. The SMILES string of the molecule is C=C/C(=C\C(F)=C(/F)c1c(Cl)nc2ncnn2c1N[C@@H](C)C(F)(F)F)OCCCN(C)C. The molecular weight excluding hydrogens is 459 g/mol. The van der Waals surface area contributed by atoms with Gasteiger partial charge in [-0.1, -0.05) is 18.2 Å². The van der Waals surface area contributed by atoms with E-state index in [-0.39, 0.29) is 18.1 Å². The molecule has 0 spiro atoms. The Kier molecular flexibility index (Phi) is 8.56. The van der Waals surface area contributed by atoms with Gasteiger partial charge in [-0.3, -0.25) is 0 Å². The molecule has 1 atom stereocenters. The topological polar surface area (TPSA) is 67.6 Å². The number of hydrogen-bond acceptors (Lipinski definition) is 6. The van der Waals surface area contributed by atoms with Gasteiger partial charge in [-0.05, 0) is 33.5 Å². The summed E-state index contributed by atoms with van der Waals surface area (Å²) >= 11 is 5.97. The summed E-state index contributed by atoms with van der Waals surface area (Å²) in [5, 5.41) is 5.19. The summed E-state index contributed by atoms with van der Waals surface area (Å²) in [5.74, 6) is -3.84. The number of alkyl halides is 3. The molecule has 2 heterocycles. The molecule has 2 aromatic rings. The van der Waals surface area contributed by atoms with E-state index < -0.39 is 40.4 Å². The lowest BCUT2D eigenvalue weighted by Crippen LogP contribution is -2.34. The van der Waals surface area contributed by atoms with Crippen molar-refractivity contribution >= 4 is 29.0 Å². The molecular formula is C19H22ClF5N6O. The van der Waals surface area contributed by atoms with Gasteiger partial charge in [-0.25, -0.2) is 8.78 Å². The van der Waals surface area contributed by atoms with Crippen LogP contribution in [0, 0.1) is 0 Å². The van der Waals surface area contributed by atoms with Gasteiger partial charge in [0.05, 0.1) is 12.2 Å². The Hall–Kier alpha value is -2.73. The Bertz CT molecular complexity index is 1020. The standard InChI is InChI=1S/C19H22ClF5N6O/c1-5-12(32-8-6-7-30(3)4)9-13(21)15(22)14-16(20)29-18-26-10-27-31(18)17(14)28-11(2)19(23,24)25/h5,9-11,28H,1,6-8H2,2-4H3/b12-9+,15-13+/t11-/m0/s1. The van der Waals surface area contributed by atoms with Gasteiger partial charge in [0.1, 0.15) is 29.1 Å². The molecule has 0 aliphatic carbocycles. The van der Waals surface area contributed by atoms with Crippen LogP contribution in [0.2, 0.25) is 5.15 Å². The molecule has 1 N–H and O–H groups in total. The third kappa shape index (κ3) is 6.39. The third-order valence-electron chi connectivity index (χ3n) is 4.14. The fraction of sp³-hybridized carbons (Fsp3) is 0.421. The van der Waals surface area contributed by atoms with Crippen LogP contribution in [0.3, 0.4) is 0 Å². The van der Waals surface area contributed by atoms with E-state index in [0.29, 0.717) is 13.0 Å². The quantitative estimate of drug-likeness (QED) is 0.173. The Morgan fingerprint density at radius 2 is 2.06 bits per heavy atom. The molecule has 0 unspecified atom stereocenters. The molecule has 7 nitrogen and oxygen atoms in total. The third-order valence-corrected chi connectivity index (χ3v) is 4.42. The Morgan fingerprint density at radius 1 is 1.38 bits per heavy atom. The largest absolute Gasteiger partial charge is 0.493 e. The Balaban J connectivity index is 2.47. The fourth-order valence-corrected chi connectivity index (χ4v) is 2.72. The van der Waals surface area contributed by atoms with Crippen molar-refractivity contribution < 1.29 is 26.7 Å². The summed E-state index contributed by atoms with van der Waals surface area (Å²) in [4.78, 5) is 9.41. The lowest BCUT2D eigenvalue weighted by Gasteiger charge is -2.20. The minimum atomic E-state index is -4.69. The van der Waals surface area contributed by atoms with Crippen LogP contribution in [0.1, 0.15) is 18.9 Å². The average Bonchev–Trinajstić information content (AvgIpc) is 3.16. The van der Waals surface area contributed by atoms with E-state index in [4.69, 9.17) is 16.3 Å². The summed E-state index contributed by atoms with van der Waals surface area (Å²) in [6, 6.07) is -2.14. The smallest absolute Gasteiger partial charge is 0.408 e. The van der Waals surface area contributed by atoms with Gasteiger partial charge in [0, 0.05) is 12.6 Å². The van der Waals surface area contributed by atoms with Gasteiger partial charge in [-0.2, -0.15) is 32.8 Å². The van der Waals surface area contributed by atoms with E-state index in [1.165, 1.54) is 6.08 Å². The van der Waals surface area contributed by atoms with Crippen LogP contribution >= 0.6 is 11.6 Å². The summed E-state index contributed by atoms with van der Waals surface area (Å²) in [7, 11) is 3.74. The highest BCUT2D eigenvalue weighted by Gasteiger charge is 2.37. The first-order chi connectivity index (χ1) is 15.0. The molecule has 0 bridgehead atoms. The lowest BCUT2D eigenvalue weighted by molar-refractivity contribution is -0.138. The number of ether oxygens (including phenoxy) is 1. The molecule has 0 amide bonds. The van der Waals surface area contributed by atoms with E-state index in [9.17, 15) is 17.6 Å². The van der Waals surface area contributed by atoms with Crippen molar-refractivity contribution in [2.75, 3.05) is 32.6 Å². The van der Waals surface area contributed by atoms with E-state index in [2.05, 4.69) is 27.0 Å². The maximum Gasteiger partial charge on any atom is 0.408 e. The van der Waals surface area contributed by atoms with E-state index >= 15 is 4.39 Å². The fourth-order valence-electron chi connectivity index (χ4n) is 2.47. The summed E-state index contributed by atoms with van der Waals surface area (Å²) < 4.78 is 75.2. The van der Waals surface area contributed by atoms with Crippen LogP contribution in [-0.4, -0.2) is 63.9 Å². The summed E-state index contributed by atoms with van der Waals surface area (Å²) in [5.41, 5.74) is -0.745. The van der Waals surface area contributed by atoms with Gasteiger partial charge in [0.2, 0.25) is 0 Å². The minimum absolute atomic E-state index is 0.0690. The van der Waals surface area contributed by atoms with E-state index in [1.54, 1.807) is 0 Å². The lowest BCUT2D eigenvalue weighted by atomic mass is 10.2. The van der Waals surface area contributed by atoms with Gasteiger partial charge in [-0.15, -0.1) is 0 Å². The number of nitrogens with one attached hydrogen (secondary N) is 1. The normalized spacial score (nSPS) is 14.5. The maximum absolute atomic E-state index is 15.1. The van der Waals surface area contributed by atoms with Gasteiger partial charge >= 0.3 is 6.18 Å². The molecule has 0 saturated carbocycles. The molecule has 0 fully saturated rings. The monoisotopic (exact) mass is 480 g/mol. The van der Waals surface area contributed by atoms with Crippen molar-refractivity contribution in [1.82, 2.24) is 24.5 Å². The van der Waals surface area contributed by atoms with Crippen LogP contribution < -0.4 is 5.32 Å². The Labute approximate surface area is 186 Å². The van der Waals surface area contributed by atoms with Crippen molar-refractivity contribution in [2.24, 2.45) is 0 Å². The summed E-state index contributed by atoms with van der Waals surface area (Å²) in [6.45, 7) is 5.21. The van der Waals surface area contributed by atoms with Crippen LogP contribution in [0.4, 0.5) is 27.8 Å². The predicted molar refractivity (Wildman–Crippen MR) is 111 cm³/mol. The molecule has 13 heteroatoms. The highest BCUT2D eigenvalue weighted by Crippen LogP contribution is 2.36. The van der Waals surface area contributed by atoms with Crippen LogP contribution in [-0.2, 0) is 4.74 Å². The molecule has 2 rings (SSSR count). The molecule has 0 aromatic carbocycles. The average molecular weight is 481 g/mol. The number of hydrogen-bond donors (Lipinski definition) is 1. The zero-order valence-corrected chi connectivity index (χ0v) is 18.3. The van der Waals surface area contributed by atoms with Crippen molar-refractivity contribution in [1.29, 1.82) is 0 Å². The first kappa shape index (κ1) is 25.5. The first-order valence-corrected chi connectivity index (χ1v) is 9.73. The van der Waals surface area contributed by atoms with Crippen molar-refractivity contribution in [3.05, 3.63) is 47.4 Å². The van der Waals surface area contributed by atoms with Crippen molar-refractivity contribution in [3.8, 4) is 0 Å². The van der Waals surface area contributed by atoms with E-state index in [0.717, 1.165) is 23.8 Å². The number of anilines is 1. The van der Waals surface area contributed by atoms with Crippen LogP contribution in [0.15, 0.2) is 36.6 Å². The van der Waals surface area contributed by atoms with E-state index in [1.807, 2.05) is 19.0 Å². The molecule has 0 aliphatic rings. The molecule has 0 aliphatic heterocycles. The second kappa shape index (κ2) is 10.7. The number of rotatable bonds is 10. The highest BCUT2D eigenvalue weighted by molar-refractivity contribution is 6.31. The van der Waals surface area contributed by atoms with Crippen LogP contribution in [0.25, 0.3) is 11.6 Å². The van der Waals surface area contributed by atoms with Crippen LogP contribution in [0.5, 0.6) is 0 Å². The molecule has 0 saturated heterocycles. The zero-order chi connectivity index (χ0) is 24.1. The van der Waals surface area contributed by atoms with Crippen molar-refractivity contribution in [2.45, 2.75) is 25.6 Å². The molecule has 0 radical (unpaired) electrons. The number of allylic oxidation sites excluding steroid dienone is 3. The first-order valence-electron chi connectivity index (χ1n) is 9.35. The van der Waals surface area contributed by atoms with Gasteiger partial charge in [0.25, 0.3) is 5.78 Å². The number of aromatic nitrogens is 4. The maximum atomic E-state index is 15.1. The minimum Gasteiger partial charge on any atom is -0.493 e. The Morgan fingerprint density at radius 3 is 2.66 bits per heavy atom. The molecule has 176 valence electrons. The van der Waals surface area contributed by atoms with Crippen molar-refractivity contribution in [3.63, 3.8) is 0 Å². The highest BCUT2D eigenvalue weighted by atomic mass is 35.5. The predicted octanol–water partition coefficient (Wildman–Crippen LogP) is 4.79. The molecule has 32 heavy (non-hydrogen) atoms. The van der Waals surface area contributed by atoms with Gasteiger partial charge in [0.15, 0.2) is 11.7 Å². The second-order valence-electron chi connectivity index (χ2n) is 6.92. The molecule has 2 aromatic heterocycles. The number of fused-ring (bicyclic) bond motifs is 1. The second-order valence-corrected chi connectivity index (χ2v) is 7.28. The van der Waals surface area contributed by atoms with Gasteiger partial charge < -0.3 is 15.0 Å². The number of halogens is 6. The summed E-state index contributed by atoms with van der Waals surface area (Å²) in [6.07, 6.45) is -1.19.